The number of anilines is 2. The molecule has 1 aromatic carbocycles. The van der Waals surface area contributed by atoms with E-state index in [0.717, 1.165) is 38.5 Å². The van der Waals surface area contributed by atoms with E-state index in [-0.39, 0.29) is 23.8 Å². The Kier molecular flexibility index (Phi) is 7.79. The second-order valence-electron chi connectivity index (χ2n) is 10.3. The van der Waals surface area contributed by atoms with Gasteiger partial charge < -0.3 is 25.0 Å². The third kappa shape index (κ3) is 6.35. The van der Waals surface area contributed by atoms with Crippen LogP contribution < -0.4 is 20.1 Å². The molecule has 2 fully saturated rings. The summed E-state index contributed by atoms with van der Waals surface area (Å²) in [6, 6.07) is 4.92. The number of benzene rings is 1. The summed E-state index contributed by atoms with van der Waals surface area (Å²) in [6.45, 7) is 1.85. The van der Waals surface area contributed by atoms with Crippen molar-refractivity contribution in [3.05, 3.63) is 59.3 Å². The molecule has 39 heavy (non-hydrogen) atoms. The molecular formula is C28H32F3N5O3. The van der Waals surface area contributed by atoms with Crippen LogP contribution in [0.2, 0.25) is 0 Å². The number of methoxy groups -OCH3 is 1. The summed E-state index contributed by atoms with van der Waals surface area (Å²) in [5.41, 5.74) is 0.985. The number of amides is 1. The quantitative estimate of drug-likeness (QED) is 0.502. The molecule has 0 bridgehead atoms. The van der Waals surface area contributed by atoms with Crippen LogP contribution >= 0.6 is 0 Å². The van der Waals surface area contributed by atoms with Gasteiger partial charge in [-0.05, 0) is 69.9 Å². The van der Waals surface area contributed by atoms with E-state index in [1.54, 1.807) is 18.2 Å². The van der Waals surface area contributed by atoms with Crippen molar-refractivity contribution in [3.8, 4) is 11.6 Å². The summed E-state index contributed by atoms with van der Waals surface area (Å²) in [4.78, 5) is 23.0. The maximum Gasteiger partial charge on any atom is 0.423 e. The molecule has 5 rings (SSSR count). The number of alkyl halides is 3. The van der Waals surface area contributed by atoms with Crippen molar-refractivity contribution in [2.75, 3.05) is 32.6 Å². The molecule has 11 heteroatoms. The normalized spacial score (nSPS) is 21.7. The van der Waals surface area contributed by atoms with Crippen LogP contribution in [0.5, 0.6) is 11.6 Å². The fourth-order valence-corrected chi connectivity index (χ4v) is 5.30. The van der Waals surface area contributed by atoms with Crippen molar-refractivity contribution < 1.29 is 27.4 Å². The van der Waals surface area contributed by atoms with Crippen molar-refractivity contribution in [3.63, 3.8) is 0 Å². The Morgan fingerprint density at radius 1 is 1.21 bits per heavy atom. The number of likely N-dealkylation sites (tertiary alicyclic amines) is 1. The topological polar surface area (TPSA) is 88.6 Å². The summed E-state index contributed by atoms with van der Waals surface area (Å²) in [7, 11) is 3.50. The van der Waals surface area contributed by atoms with Crippen LogP contribution in [0.1, 0.15) is 48.0 Å². The molecule has 1 amide bonds. The number of ether oxygens (including phenoxy) is 2. The SMILES string of the molecule is COc1cc(C(=O)NC2CCN(C)CC2)ccc1Nc1ncc(C(F)(F)F)c(OC2CC3=CC=CCC3C2)n1. The molecule has 8 nitrogen and oxygen atoms in total. The first-order valence-corrected chi connectivity index (χ1v) is 13.1. The van der Waals surface area contributed by atoms with Gasteiger partial charge in [0.25, 0.3) is 5.91 Å². The van der Waals surface area contributed by atoms with Crippen LogP contribution in [0.3, 0.4) is 0 Å². The largest absolute Gasteiger partial charge is 0.495 e. The third-order valence-corrected chi connectivity index (χ3v) is 7.50. The molecule has 1 aromatic heterocycles. The number of carbonyl (C=O) groups is 1. The monoisotopic (exact) mass is 543 g/mol. The van der Waals surface area contributed by atoms with Crippen LogP contribution in [0.4, 0.5) is 24.8 Å². The number of nitrogens with zero attached hydrogens (tertiary/aromatic N) is 3. The van der Waals surface area contributed by atoms with E-state index in [9.17, 15) is 18.0 Å². The second-order valence-corrected chi connectivity index (χ2v) is 10.3. The highest BCUT2D eigenvalue weighted by molar-refractivity contribution is 5.95. The van der Waals surface area contributed by atoms with Gasteiger partial charge >= 0.3 is 6.18 Å². The zero-order valence-corrected chi connectivity index (χ0v) is 21.9. The Bertz CT molecular complexity index is 1270. The average molecular weight is 544 g/mol. The zero-order chi connectivity index (χ0) is 27.6. The van der Waals surface area contributed by atoms with Gasteiger partial charge in [0.1, 0.15) is 17.4 Å². The van der Waals surface area contributed by atoms with Gasteiger partial charge in [0.05, 0.1) is 12.8 Å². The van der Waals surface area contributed by atoms with E-state index in [4.69, 9.17) is 9.47 Å². The number of hydrogen-bond donors (Lipinski definition) is 2. The van der Waals surface area contributed by atoms with E-state index in [1.165, 1.54) is 12.7 Å². The summed E-state index contributed by atoms with van der Waals surface area (Å²) in [6.07, 6.45) is 5.52. The summed E-state index contributed by atoms with van der Waals surface area (Å²) in [5.74, 6) is -0.177. The summed E-state index contributed by atoms with van der Waals surface area (Å²) in [5, 5.41) is 5.98. The molecule has 2 atom stereocenters. The predicted octanol–water partition coefficient (Wildman–Crippen LogP) is 5.12. The van der Waals surface area contributed by atoms with Crippen LogP contribution in [-0.2, 0) is 6.18 Å². The van der Waals surface area contributed by atoms with E-state index in [2.05, 4.69) is 38.6 Å². The van der Waals surface area contributed by atoms with Gasteiger partial charge in [-0.25, -0.2) is 4.98 Å². The molecule has 2 heterocycles. The molecule has 1 saturated carbocycles. The second kappa shape index (κ2) is 11.3. The number of hydrogen-bond acceptors (Lipinski definition) is 7. The minimum Gasteiger partial charge on any atom is -0.495 e. The first kappa shape index (κ1) is 27.0. The molecule has 3 aliphatic rings. The molecule has 2 aromatic rings. The number of carbonyl (C=O) groups excluding carboxylic acids is 1. The number of allylic oxidation sites excluding steroid dienone is 3. The van der Waals surface area contributed by atoms with E-state index in [1.807, 2.05) is 12.2 Å². The summed E-state index contributed by atoms with van der Waals surface area (Å²) >= 11 is 0. The van der Waals surface area contributed by atoms with Crippen molar-refractivity contribution in [2.24, 2.45) is 5.92 Å². The Hall–Kier alpha value is -3.60. The van der Waals surface area contributed by atoms with Gasteiger partial charge in [-0.15, -0.1) is 0 Å². The number of nitrogens with one attached hydrogen (secondary N) is 2. The molecule has 0 spiro atoms. The van der Waals surface area contributed by atoms with Gasteiger partial charge in [0.2, 0.25) is 11.8 Å². The number of aromatic nitrogens is 2. The molecule has 2 unspecified atom stereocenters. The van der Waals surface area contributed by atoms with Crippen LogP contribution in [0, 0.1) is 5.92 Å². The predicted molar refractivity (Wildman–Crippen MR) is 140 cm³/mol. The number of rotatable bonds is 7. The molecule has 2 aliphatic carbocycles. The van der Waals surface area contributed by atoms with Crippen LogP contribution in [0.25, 0.3) is 0 Å². The van der Waals surface area contributed by atoms with Crippen molar-refractivity contribution in [1.82, 2.24) is 20.2 Å². The van der Waals surface area contributed by atoms with Crippen LogP contribution in [0.15, 0.2) is 48.2 Å². The average Bonchev–Trinajstić information content (AvgIpc) is 3.32. The van der Waals surface area contributed by atoms with E-state index < -0.39 is 23.7 Å². The summed E-state index contributed by atoms with van der Waals surface area (Å²) < 4.78 is 52.5. The Morgan fingerprint density at radius 2 is 2.00 bits per heavy atom. The van der Waals surface area contributed by atoms with Gasteiger partial charge in [-0.1, -0.05) is 23.8 Å². The van der Waals surface area contributed by atoms with E-state index in [0.29, 0.717) is 29.8 Å². The fourth-order valence-electron chi connectivity index (χ4n) is 5.30. The Labute approximate surface area is 225 Å². The fraction of sp³-hybridized carbons (Fsp3) is 0.464. The maximum atomic E-state index is 13.7. The lowest BCUT2D eigenvalue weighted by molar-refractivity contribution is -0.139. The molecule has 0 radical (unpaired) electrons. The molecule has 208 valence electrons. The van der Waals surface area contributed by atoms with Crippen molar-refractivity contribution in [2.45, 2.75) is 50.4 Å². The van der Waals surface area contributed by atoms with Gasteiger partial charge in [-0.3, -0.25) is 4.79 Å². The van der Waals surface area contributed by atoms with Gasteiger partial charge in [0.15, 0.2) is 0 Å². The number of piperidine rings is 1. The number of halogens is 3. The lowest BCUT2D eigenvalue weighted by Gasteiger charge is -2.29. The third-order valence-electron chi connectivity index (χ3n) is 7.50. The molecular weight excluding hydrogens is 511 g/mol. The Morgan fingerprint density at radius 3 is 2.72 bits per heavy atom. The Balaban J connectivity index is 1.32. The van der Waals surface area contributed by atoms with Gasteiger partial charge in [-0.2, -0.15) is 18.2 Å². The van der Waals surface area contributed by atoms with Crippen molar-refractivity contribution in [1.29, 1.82) is 0 Å². The first-order valence-electron chi connectivity index (χ1n) is 13.1. The standard InChI is InChI=1S/C28H32F3N5O3/c1-36-11-9-20(10-12-36)33-25(37)19-7-8-23(24(15-19)38-2)34-27-32-16-22(28(29,30)31)26(35-27)39-21-13-17-5-3-4-6-18(17)14-21/h3-5,7-8,15-16,18,20-21H,6,9-14H2,1-2H3,(H,33,37)(H,32,34,35). The highest BCUT2D eigenvalue weighted by Crippen LogP contribution is 2.41. The molecule has 2 N–H and O–H groups in total. The smallest absolute Gasteiger partial charge is 0.423 e. The van der Waals surface area contributed by atoms with Crippen LogP contribution in [-0.4, -0.2) is 60.2 Å². The number of fused-ring (bicyclic) bond motifs is 1. The zero-order valence-electron chi connectivity index (χ0n) is 21.9. The minimum atomic E-state index is -4.67. The lowest BCUT2D eigenvalue weighted by atomic mass is 9.95. The first-order chi connectivity index (χ1) is 18.7. The highest BCUT2D eigenvalue weighted by atomic mass is 19.4. The molecule has 1 saturated heterocycles. The van der Waals surface area contributed by atoms with E-state index >= 15 is 0 Å². The van der Waals surface area contributed by atoms with Gasteiger partial charge in [0, 0.05) is 24.2 Å². The van der Waals surface area contributed by atoms with Crippen molar-refractivity contribution >= 4 is 17.5 Å². The minimum absolute atomic E-state index is 0.0730. The molecule has 1 aliphatic heterocycles. The lowest BCUT2D eigenvalue weighted by Crippen LogP contribution is -2.43. The maximum absolute atomic E-state index is 13.7. The highest BCUT2D eigenvalue weighted by Gasteiger charge is 2.38.